The average Bonchev–Trinajstić information content (AvgIpc) is 2.94. The smallest absolute Gasteiger partial charge is 0.326 e. The molecule has 2 aromatic carbocycles. The number of phenols is 1. The Morgan fingerprint density at radius 1 is 1.14 bits per heavy atom. The highest BCUT2D eigenvalue weighted by molar-refractivity contribution is 7.92. The van der Waals surface area contributed by atoms with Crippen LogP contribution in [0, 0.1) is 5.82 Å². The van der Waals surface area contributed by atoms with E-state index in [0.29, 0.717) is 22.3 Å². The highest BCUT2D eigenvalue weighted by Gasteiger charge is 2.37. The fraction of sp³-hybridized carbons (Fsp3) is 0.350. The molecule has 0 unspecified atom stereocenters. The van der Waals surface area contributed by atoms with Gasteiger partial charge in [0.05, 0.1) is 0 Å². The molecule has 0 bridgehead atoms. The number of rotatable bonds is 4. The van der Waals surface area contributed by atoms with Crippen LogP contribution in [0.5, 0.6) is 5.75 Å². The number of aromatic hydroxyl groups is 1. The molecule has 154 valence electrons. The summed E-state index contributed by atoms with van der Waals surface area (Å²) in [5.41, 5.74) is 1.38. The van der Waals surface area contributed by atoms with E-state index >= 15 is 0 Å². The number of carbonyl (C=O) groups excluding carboxylic acids is 1. The molecule has 2 heterocycles. The first-order valence-corrected chi connectivity index (χ1v) is 10.9. The van der Waals surface area contributed by atoms with Crippen molar-refractivity contribution in [2.45, 2.75) is 25.3 Å². The summed E-state index contributed by atoms with van der Waals surface area (Å²) in [4.78, 5) is 13.6. The molecule has 2 saturated heterocycles. The van der Waals surface area contributed by atoms with Gasteiger partial charge in [0, 0.05) is 6.54 Å². The third-order valence-electron chi connectivity index (χ3n) is 5.44. The number of halogens is 1. The normalized spacial score (nSPS) is 20.0. The second kappa shape index (κ2) is 7.64. The van der Waals surface area contributed by atoms with E-state index in [0.717, 1.165) is 25.9 Å². The standard InChI is InChI=1S/C20H22FN3O4S/c21-17-10-14(11-18(25)20(17)24-13-19(26)22-29(24,27)28)12-23-8-6-16(7-9-23)15-4-2-1-3-5-15/h1-5,10-11,16,25H,6-9,12-13H2,(H,22,26). The van der Waals surface area contributed by atoms with Gasteiger partial charge in [0.2, 0.25) is 0 Å². The van der Waals surface area contributed by atoms with E-state index in [4.69, 9.17) is 0 Å². The summed E-state index contributed by atoms with van der Waals surface area (Å²) in [5.74, 6) is -1.64. The van der Waals surface area contributed by atoms with Gasteiger partial charge in [-0.05, 0) is 55.1 Å². The molecule has 2 aromatic rings. The van der Waals surface area contributed by atoms with Crippen LogP contribution in [0.25, 0.3) is 0 Å². The van der Waals surface area contributed by atoms with E-state index in [-0.39, 0.29) is 0 Å². The van der Waals surface area contributed by atoms with E-state index in [1.54, 1.807) is 4.72 Å². The number of benzene rings is 2. The van der Waals surface area contributed by atoms with E-state index in [2.05, 4.69) is 17.0 Å². The number of carbonyl (C=O) groups is 1. The lowest BCUT2D eigenvalue weighted by molar-refractivity contribution is -0.117. The maximum absolute atomic E-state index is 14.6. The van der Waals surface area contributed by atoms with Crippen molar-refractivity contribution in [2.75, 3.05) is 23.9 Å². The number of phenolic OH excluding ortho intramolecular Hbond substituents is 1. The molecular weight excluding hydrogens is 397 g/mol. The second-order valence-electron chi connectivity index (χ2n) is 7.44. The van der Waals surface area contributed by atoms with Crippen LogP contribution < -0.4 is 9.03 Å². The monoisotopic (exact) mass is 419 g/mol. The Morgan fingerprint density at radius 2 is 1.83 bits per heavy atom. The number of amides is 1. The Labute approximate surface area is 168 Å². The third-order valence-corrected chi connectivity index (χ3v) is 6.81. The molecule has 0 aliphatic carbocycles. The van der Waals surface area contributed by atoms with Crippen LogP contribution >= 0.6 is 0 Å². The Kier molecular flexibility index (Phi) is 5.18. The molecular formula is C20H22FN3O4S. The Morgan fingerprint density at radius 3 is 2.41 bits per heavy atom. The number of nitrogens with one attached hydrogen (secondary N) is 1. The fourth-order valence-corrected chi connectivity index (χ4v) is 5.20. The molecule has 1 amide bonds. The number of nitrogens with zero attached hydrogens (tertiary/aromatic N) is 2. The second-order valence-corrected chi connectivity index (χ2v) is 9.04. The third kappa shape index (κ3) is 4.06. The van der Waals surface area contributed by atoms with Gasteiger partial charge in [0.1, 0.15) is 18.0 Å². The maximum atomic E-state index is 14.6. The molecule has 7 nitrogen and oxygen atoms in total. The maximum Gasteiger partial charge on any atom is 0.326 e. The summed E-state index contributed by atoms with van der Waals surface area (Å²) in [6.45, 7) is 1.60. The minimum atomic E-state index is -4.18. The zero-order valence-electron chi connectivity index (χ0n) is 15.7. The number of hydrogen-bond acceptors (Lipinski definition) is 5. The zero-order valence-corrected chi connectivity index (χ0v) is 16.5. The summed E-state index contributed by atoms with van der Waals surface area (Å²) >= 11 is 0. The summed E-state index contributed by atoms with van der Waals surface area (Å²) in [6, 6.07) is 12.9. The SMILES string of the molecule is O=C1CN(c2c(O)cc(CN3CCC(c4ccccc4)CC3)cc2F)S(=O)(=O)N1. The Hall–Kier alpha value is -2.65. The first kappa shape index (κ1) is 19.7. The Balaban J connectivity index is 1.45. The minimum absolute atomic E-state index is 0.455. The minimum Gasteiger partial charge on any atom is -0.506 e. The van der Waals surface area contributed by atoms with Crippen LogP contribution in [0.15, 0.2) is 42.5 Å². The van der Waals surface area contributed by atoms with Gasteiger partial charge in [-0.15, -0.1) is 0 Å². The fourth-order valence-electron chi connectivity index (χ4n) is 4.03. The van der Waals surface area contributed by atoms with Crippen molar-refractivity contribution in [3.05, 3.63) is 59.4 Å². The van der Waals surface area contributed by atoms with Gasteiger partial charge >= 0.3 is 10.2 Å². The van der Waals surface area contributed by atoms with Gasteiger partial charge in [-0.25, -0.2) is 13.4 Å². The van der Waals surface area contributed by atoms with Gasteiger partial charge < -0.3 is 5.11 Å². The molecule has 2 fully saturated rings. The van der Waals surface area contributed by atoms with E-state index in [1.807, 2.05) is 18.2 Å². The lowest BCUT2D eigenvalue weighted by atomic mass is 9.89. The van der Waals surface area contributed by atoms with Crippen molar-refractivity contribution in [3.8, 4) is 5.75 Å². The highest BCUT2D eigenvalue weighted by Crippen LogP contribution is 2.35. The van der Waals surface area contributed by atoms with Crippen molar-refractivity contribution in [1.29, 1.82) is 0 Å². The van der Waals surface area contributed by atoms with Crippen LogP contribution in [0.1, 0.15) is 29.9 Å². The average molecular weight is 419 g/mol. The van der Waals surface area contributed by atoms with E-state index in [1.165, 1.54) is 17.7 Å². The van der Waals surface area contributed by atoms with Gasteiger partial charge in [-0.2, -0.15) is 8.42 Å². The molecule has 2 aliphatic heterocycles. The zero-order chi connectivity index (χ0) is 20.6. The molecule has 2 N–H and O–H groups in total. The van der Waals surface area contributed by atoms with Crippen LogP contribution in [-0.2, 0) is 21.5 Å². The van der Waals surface area contributed by atoms with Crippen LogP contribution in [-0.4, -0.2) is 44.0 Å². The summed E-state index contributed by atoms with van der Waals surface area (Å²) in [7, 11) is -4.18. The molecule has 0 atom stereocenters. The lowest BCUT2D eigenvalue weighted by Gasteiger charge is -2.32. The van der Waals surface area contributed by atoms with Crippen molar-refractivity contribution in [2.24, 2.45) is 0 Å². The topological polar surface area (TPSA) is 90.0 Å². The molecule has 29 heavy (non-hydrogen) atoms. The number of likely N-dealkylation sites (tertiary alicyclic amines) is 1. The molecule has 0 aromatic heterocycles. The lowest BCUT2D eigenvalue weighted by Crippen LogP contribution is -2.32. The summed E-state index contributed by atoms with van der Waals surface area (Å²) in [6.07, 6.45) is 1.99. The van der Waals surface area contributed by atoms with Crippen molar-refractivity contribution in [3.63, 3.8) is 0 Å². The summed E-state index contributed by atoms with van der Waals surface area (Å²) < 4.78 is 40.8. The molecule has 0 saturated carbocycles. The van der Waals surface area contributed by atoms with Crippen molar-refractivity contribution in [1.82, 2.24) is 9.62 Å². The first-order valence-electron chi connectivity index (χ1n) is 9.45. The molecule has 0 spiro atoms. The molecule has 2 aliphatic rings. The Bertz CT molecular complexity index is 998. The summed E-state index contributed by atoms with van der Waals surface area (Å²) in [5, 5.41) is 10.3. The predicted molar refractivity (Wildman–Crippen MR) is 106 cm³/mol. The van der Waals surface area contributed by atoms with Gasteiger partial charge in [-0.3, -0.25) is 9.69 Å². The van der Waals surface area contributed by atoms with Crippen LogP contribution in [0.4, 0.5) is 10.1 Å². The quantitative estimate of drug-likeness (QED) is 0.792. The number of anilines is 1. The molecule has 0 radical (unpaired) electrons. The van der Waals surface area contributed by atoms with E-state index in [9.17, 15) is 22.7 Å². The van der Waals surface area contributed by atoms with Gasteiger partial charge in [-0.1, -0.05) is 30.3 Å². The largest absolute Gasteiger partial charge is 0.506 e. The molecule has 9 heteroatoms. The van der Waals surface area contributed by atoms with Crippen LogP contribution in [0.2, 0.25) is 0 Å². The van der Waals surface area contributed by atoms with Crippen molar-refractivity contribution < 1.29 is 22.7 Å². The highest BCUT2D eigenvalue weighted by atomic mass is 32.2. The van der Waals surface area contributed by atoms with Gasteiger partial charge in [0.25, 0.3) is 5.91 Å². The number of piperidine rings is 1. The predicted octanol–water partition coefficient (Wildman–Crippen LogP) is 2.09. The number of hydrogen-bond donors (Lipinski definition) is 2. The van der Waals surface area contributed by atoms with Gasteiger partial charge in [0.15, 0.2) is 5.82 Å². The van der Waals surface area contributed by atoms with Crippen LogP contribution in [0.3, 0.4) is 0 Å². The first-order chi connectivity index (χ1) is 13.8. The molecule has 4 rings (SSSR count). The van der Waals surface area contributed by atoms with Crippen molar-refractivity contribution >= 4 is 21.8 Å². The van der Waals surface area contributed by atoms with E-state index < -0.39 is 39.9 Å².